The minimum absolute atomic E-state index is 0.00107. The van der Waals surface area contributed by atoms with Gasteiger partial charge < -0.3 is 15.1 Å². The molecule has 3 N–H and O–H groups in total. The molecule has 0 spiro atoms. The third-order valence-electron chi connectivity index (χ3n) is 3.83. The predicted molar refractivity (Wildman–Crippen MR) is 79.5 cm³/mol. The van der Waals surface area contributed by atoms with Crippen LogP contribution in [0.3, 0.4) is 0 Å². The van der Waals surface area contributed by atoms with Gasteiger partial charge >= 0.3 is 0 Å². The zero-order chi connectivity index (χ0) is 14.7. The number of amides is 1. The van der Waals surface area contributed by atoms with Crippen molar-refractivity contribution >= 4 is 5.91 Å². The number of carbonyl (C=O) groups is 1. The smallest absolute Gasteiger partial charge is 0.278 e. The number of quaternary nitrogens is 1. The van der Waals surface area contributed by atoms with E-state index in [2.05, 4.69) is 22.8 Å². The van der Waals surface area contributed by atoms with Crippen LogP contribution in [0.1, 0.15) is 37.1 Å². The molecule has 1 aliphatic rings. The third kappa shape index (κ3) is 3.52. The highest BCUT2D eigenvalue weighted by molar-refractivity contribution is 5.80. The number of nitrogens with one attached hydrogen (secondary N) is 1. The largest absolute Gasteiger partial charge is 0.463 e. The van der Waals surface area contributed by atoms with Gasteiger partial charge in [0.15, 0.2) is 17.8 Å². The van der Waals surface area contributed by atoms with Gasteiger partial charge in [0.25, 0.3) is 5.91 Å². The highest BCUT2D eigenvalue weighted by Gasteiger charge is 2.30. The van der Waals surface area contributed by atoms with Crippen LogP contribution in [-0.2, 0) is 4.79 Å². The lowest BCUT2D eigenvalue weighted by Crippen LogP contribution is -2.92. The summed E-state index contributed by atoms with van der Waals surface area (Å²) in [7, 11) is 0. The Hall–Kier alpha value is -2.07. The van der Waals surface area contributed by atoms with E-state index in [-0.39, 0.29) is 18.0 Å². The molecule has 1 saturated carbocycles. The van der Waals surface area contributed by atoms with E-state index in [0.29, 0.717) is 6.04 Å². The molecule has 1 fully saturated rings. The molecule has 2 aromatic rings. The zero-order valence-electron chi connectivity index (χ0n) is 12.2. The highest BCUT2D eigenvalue weighted by Crippen LogP contribution is 2.20. The number of carbonyl (C=O) groups excluding carboxylic acids is 1. The summed E-state index contributed by atoms with van der Waals surface area (Å²) in [5, 5.41) is 5.12. The summed E-state index contributed by atoms with van der Waals surface area (Å²) in [5.74, 6) is 0.970. The summed E-state index contributed by atoms with van der Waals surface area (Å²) >= 11 is 0. The van der Waals surface area contributed by atoms with Crippen molar-refractivity contribution < 1.29 is 14.5 Å². The van der Waals surface area contributed by atoms with Gasteiger partial charge in [0.1, 0.15) is 0 Å². The zero-order valence-corrected chi connectivity index (χ0v) is 12.2. The van der Waals surface area contributed by atoms with Crippen molar-refractivity contribution in [1.82, 2.24) is 5.32 Å². The van der Waals surface area contributed by atoms with Crippen molar-refractivity contribution in [1.29, 1.82) is 0 Å². The fourth-order valence-corrected chi connectivity index (χ4v) is 2.44. The van der Waals surface area contributed by atoms with Crippen molar-refractivity contribution in [3.05, 3.63) is 60.1 Å². The van der Waals surface area contributed by atoms with Crippen molar-refractivity contribution in [2.75, 3.05) is 0 Å². The second kappa shape index (κ2) is 6.14. The van der Waals surface area contributed by atoms with E-state index in [9.17, 15) is 4.79 Å². The SMILES string of the molecule is C[C@H]([NH2+][C@@H](c1ccccc1)c1ccco1)C(=O)NC1CC1. The summed E-state index contributed by atoms with van der Waals surface area (Å²) in [4.78, 5) is 12.2. The van der Waals surface area contributed by atoms with Gasteiger partial charge in [0, 0.05) is 11.6 Å². The quantitative estimate of drug-likeness (QED) is 0.847. The second-order valence-electron chi connectivity index (χ2n) is 5.67. The Morgan fingerprint density at radius 3 is 2.62 bits per heavy atom. The summed E-state index contributed by atoms with van der Waals surface area (Å²) < 4.78 is 5.56. The number of rotatable bonds is 6. The van der Waals surface area contributed by atoms with Crippen molar-refractivity contribution in [2.45, 2.75) is 37.9 Å². The summed E-state index contributed by atoms with van der Waals surface area (Å²) in [6.45, 7) is 1.94. The van der Waals surface area contributed by atoms with E-state index in [1.165, 1.54) is 0 Å². The topological polar surface area (TPSA) is 58.9 Å². The highest BCUT2D eigenvalue weighted by atomic mass is 16.3. The first-order valence-corrected chi connectivity index (χ1v) is 7.48. The first-order chi connectivity index (χ1) is 10.2. The Bertz CT molecular complexity index is 576. The normalized spacial score (nSPS) is 17.2. The minimum Gasteiger partial charge on any atom is -0.463 e. The van der Waals surface area contributed by atoms with E-state index in [1.807, 2.05) is 37.3 Å². The molecule has 0 saturated heterocycles. The Morgan fingerprint density at radius 2 is 2.00 bits per heavy atom. The molecule has 0 unspecified atom stereocenters. The Morgan fingerprint density at radius 1 is 1.24 bits per heavy atom. The molecule has 4 heteroatoms. The maximum absolute atomic E-state index is 12.2. The van der Waals surface area contributed by atoms with Gasteiger partial charge in [-0.1, -0.05) is 30.3 Å². The van der Waals surface area contributed by atoms with Crippen LogP contribution in [0.15, 0.2) is 53.1 Å². The second-order valence-corrected chi connectivity index (χ2v) is 5.67. The number of benzene rings is 1. The van der Waals surface area contributed by atoms with Gasteiger partial charge in [-0.2, -0.15) is 0 Å². The van der Waals surface area contributed by atoms with Crippen molar-refractivity contribution in [2.24, 2.45) is 0 Å². The fourth-order valence-electron chi connectivity index (χ4n) is 2.44. The Kier molecular flexibility index (Phi) is 4.06. The number of hydrogen-bond donors (Lipinski definition) is 2. The van der Waals surface area contributed by atoms with Gasteiger partial charge in [0.05, 0.1) is 6.26 Å². The van der Waals surface area contributed by atoms with Crippen molar-refractivity contribution in [3.63, 3.8) is 0 Å². The summed E-state index contributed by atoms with van der Waals surface area (Å²) in [6, 6.07) is 14.2. The monoisotopic (exact) mass is 285 g/mol. The standard InChI is InChI=1S/C17H20N2O2/c1-12(17(20)19-14-9-10-14)18-16(15-8-5-11-21-15)13-6-3-2-4-7-13/h2-8,11-12,14,16,18H,9-10H2,1H3,(H,19,20)/p+1/t12-,16-/m0/s1. The van der Waals surface area contributed by atoms with Crippen LogP contribution in [0, 0.1) is 0 Å². The predicted octanol–water partition coefficient (Wildman–Crippen LogP) is 1.60. The van der Waals surface area contributed by atoms with Crippen LogP contribution in [0.2, 0.25) is 0 Å². The molecule has 0 aliphatic heterocycles. The molecule has 2 atom stereocenters. The molecule has 4 nitrogen and oxygen atoms in total. The molecule has 110 valence electrons. The molecule has 1 aliphatic carbocycles. The molecule has 21 heavy (non-hydrogen) atoms. The molecule has 1 aromatic carbocycles. The molecule has 1 amide bonds. The average Bonchev–Trinajstić information content (AvgIpc) is 3.16. The van der Waals surface area contributed by atoms with E-state index in [0.717, 1.165) is 24.2 Å². The molecule has 3 rings (SSSR count). The van der Waals surface area contributed by atoms with E-state index in [1.54, 1.807) is 6.26 Å². The average molecular weight is 285 g/mol. The van der Waals surface area contributed by atoms with E-state index < -0.39 is 0 Å². The van der Waals surface area contributed by atoms with Crippen LogP contribution >= 0.6 is 0 Å². The number of nitrogens with two attached hydrogens (primary N) is 1. The maximum Gasteiger partial charge on any atom is 0.278 e. The molecular weight excluding hydrogens is 264 g/mol. The minimum atomic E-state index is -0.152. The van der Waals surface area contributed by atoms with Crippen LogP contribution in [0.25, 0.3) is 0 Å². The lowest BCUT2D eigenvalue weighted by molar-refractivity contribution is -0.706. The Balaban J connectivity index is 1.74. The lowest BCUT2D eigenvalue weighted by Gasteiger charge is -2.18. The lowest BCUT2D eigenvalue weighted by atomic mass is 10.0. The fraction of sp³-hybridized carbons (Fsp3) is 0.353. The molecular formula is C17H21N2O2+. The first kappa shape index (κ1) is 13.9. The molecule has 1 aromatic heterocycles. The molecule has 0 bridgehead atoms. The third-order valence-corrected chi connectivity index (χ3v) is 3.83. The van der Waals surface area contributed by atoms with E-state index in [4.69, 9.17) is 4.42 Å². The van der Waals surface area contributed by atoms with E-state index >= 15 is 0 Å². The first-order valence-electron chi connectivity index (χ1n) is 7.48. The molecule has 1 heterocycles. The summed E-state index contributed by atoms with van der Waals surface area (Å²) in [6.07, 6.45) is 3.89. The van der Waals surface area contributed by atoms with Gasteiger partial charge in [-0.15, -0.1) is 0 Å². The van der Waals surface area contributed by atoms with Gasteiger partial charge in [-0.25, -0.2) is 0 Å². The summed E-state index contributed by atoms with van der Waals surface area (Å²) in [5.41, 5.74) is 1.14. The number of furan rings is 1. The van der Waals surface area contributed by atoms with Gasteiger partial charge in [0.2, 0.25) is 0 Å². The Labute approximate surface area is 124 Å². The maximum atomic E-state index is 12.2. The van der Waals surface area contributed by atoms with Crippen LogP contribution in [0.4, 0.5) is 0 Å². The van der Waals surface area contributed by atoms with Gasteiger partial charge in [-0.3, -0.25) is 4.79 Å². The number of hydrogen-bond acceptors (Lipinski definition) is 2. The molecule has 0 radical (unpaired) electrons. The van der Waals surface area contributed by atoms with Crippen LogP contribution in [-0.4, -0.2) is 18.0 Å². The van der Waals surface area contributed by atoms with Crippen LogP contribution in [0.5, 0.6) is 0 Å². The van der Waals surface area contributed by atoms with Crippen molar-refractivity contribution in [3.8, 4) is 0 Å². The van der Waals surface area contributed by atoms with Gasteiger partial charge in [-0.05, 0) is 31.9 Å². The van der Waals surface area contributed by atoms with Crippen LogP contribution < -0.4 is 10.6 Å².